The second-order valence-corrected chi connectivity index (χ2v) is 10.1. The second-order valence-electron chi connectivity index (χ2n) is 10.1. The van der Waals surface area contributed by atoms with E-state index < -0.39 is 30.7 Å². The first-order chi connectivity index (χ1) is 20.3. The third-order valence-corrected chi connectivity index (χ3v) is 7.07. The molecule has 0 bridgehead atoms. The molecule has 0 radical (unpaired) electrons. The quantitative estimate of drug-likeness (QED) is 0.182. The third-order valence-electron chi connectivity index (χ3n) is 7.07. The van der Waals surface area contributed by atoms with Gasteiger partial charge in [0.2, 0.25) is 0 Å². The fraction of sp³-hybridized carbons (Fsp3) is 0.314. The summed E-state index contributed by atoms with van der Waals surface area (Å²) < 4.78 is 38.2. The summed E-state index contributed by atoms with van der Waals surface area (Å²) in [4.78, 5) is 0. The molecule has 5 atom stereocenters. The lowest BCUT2D eigenvalue weighted by Gasteiger charge is -2.45. The Kier molecular flexibility index (Phi) is 11.1. The van der Waals surface area contributed by atoms with Gasteiger partial charge in [-0.1, -0.05) is 121 Å². The molecule has 1 aliphatic rings. The van der Waals surface area contributed by atoms with Crippen molar-refractivity contribution >= 4 is 0 Å². The van der Waals surface area contributed by atoms with Gasteiger partial charge in [0.05, 0.1) is 33.0 Å². The molecule has 1 fully saturated rings. The minimum absolute atomic E-state index is 0.310. The van der Waals surface area contributed by atoms with Crippen molar-refractivity contribution in [2.75, 3.05) is 13.7 Å². The van der Waals surface area contributed by atoms with Gasteiger partial charge in [-0.05, 0) is 22.3 Å². The Labute approximate surface area is 242 Å². The number of benzene rings is 4. The van der Waals surface area contributed by atoms with Gasteiger partial charge in [0.25, 0.3) is 0 Å². The molecule has 214 valence electrons. The monoisotopic (exact) mass is 554 g/mol. The van der Waals surface area contributed by atoms with E-state index in [0.717, 1.165) is 22.3 Å². The van der Waals surface area contributed by atoms with Crippen LogP contribution in [0.5, 0.6) is 0 Å². The van der Waals surface area contributed by atoms with Crippen molar-refractivity contribution < 1.29 is 28.4 Å². The highest BCUT2D eigenvalue weighted by atomic mass is 16.7. The zero-order chi connectivity index (χ0) is 28.1. The van der Waals surface area contributed by atoms with Crippen molar-refractivity contribution in [1.29, 1.82) is 0 Å². The normalized spacial score (nSPS) is 22.4. The minimum atomic E-state index is -0.665. The molecule has 0 saturated carbocycles. The molecule has 0 spiro atoms. The first-order valence-electron chi connectivity index (χ1n) is 14.1. The largest absolute Gasteiger partial charge is 0.374 e. The summed E-state index contributed by atoms with van der Waals surface area (Å²) in [6.07, 6.45) is -2.59. The van der Waals surface area contributed by atoms with Crippen molar-refractivity contribution in [3.63, 3.8) is 0 Å². The number of rotatable bonds is 14. The summed E-state index contributed by atoms with van der Waals surface area (Å²) in [6.45, 7) is 1.97. The van der Waals surface area contributed by atoms with Gasteiger partial charge in [0, 0.05) is 7.11 Å². The number of hydrogen-bond donors (Lipinski definition) is 0. The van der Waals surface area contributed by atoms with E-state index in [4.69, 9.17) is 28.4 Å². The minimum Gasteiger partial charge on any atom is -0.374 e. The fourth-order valence-electron chi connectivity index (χ4n) is 4.94. The van der Waals surface area contributed by atoms with E-state index in [1.165, 1.54) is 0 Å². The first kappa shape index (κ1) is 29.1. The van der Waals surface area contributed by atoms with Crippen LogP contribution in [0.3, 0.4) is 0 Å². The highest BCUT2D eigenvalue weighted by Crippen LogP contribution is 2.31. The lowest BCUT2D eigenvalue weighted by atomic mass is 9.97. The summed E-state index contributed by atoms with van der Waals surface area (Å²) in [5, 5.41) is 0. The van der Waals surface area contributed by atoms with Gasteiger partial charge in [0.1, 0.15) is 24.4 Å². The van der Waals surface area contributed by atoms with E-state index in [9.17, 15) is 0 Å². The van der Waals surface area contributed by atoms with Crippen LogP contribution < -0.4 is 0 Å². The van der Waals surface area contributed by atoms with Crippen molar-refractivity contribution in [1.82, 2.24) is 0 Å². The summed E-state index contributed by atoms with van der Waals surface area (Å²) in [6, 6.07) is 40.4. The number of hydrogen-bond acceptors (Lipinski definition) is 6. The summed E-state index contributed by atoms with van der Waals surface area (Å²) in [5.41, 5.74) is 4.27. The highest BCUT2D eigenvalue weighted by Gasteiger charge is 2.48. The Morgan fingerprint density at radius 2 is 0.878 bits per heavy atom. The van der Waals surface area contributed by atoms with Crippen molar-refractivity contribution in [3.05, 3.63) is 144 Å². The van der Waals surface area contributed by atoms with E-state index in [2.05, 4.69) is 0 Å². The van der Waals surface area contributed by atoms with Gasteiger partial charge in [-0.25, -0.2) is 0 Å². The van der Waals surface area contributed by atoms with E-state index in [1.54, 1.807) is 7.11 Å². The number of methoxy groups -OCH3 is 1. The van der Waals surface area contributed by atoms with Gasteiger partial charge in [0.15, 0.2) is 6.29 Å². The standard InChI is InChI=1S/C35H38O6/c1-36-35-34(40-25-30-20-12-5-13-21-30)33(39-24-29-18-10-4-11-19-29)32(38-23-28-16-8-3-9-17-28)31(41-35)26-37-22-27-14-6-2-7-15-27/h2-21,31-35H,22-26H2,1H3/t31-,32-,33+,34+,35?/m1/s1. The Balaban J connectivity index is 1.38. The first-order valence-corrected chi connectivity index (χ1v) is 14.1. The molecule has 0 amide bonds. The van der Waals surface area contributed by atoms with Crippen LogP contribution in [0.15, 0.2) is 121 Å². The predicted octanol–water partition coefficient (Wildman–Crippen LogP) is 6.33. The molecule has 1 unspecified atom stereocenters. The average molecular weight is 555 g/mol. The van der Waals surface area contributed by atoms with E-state index in [1.807, 2.05) is 121 Å². The molecule has 0 aliphatic carbocycles. The molecule has 6 heteroatoms. The van der Waals surface area contributed by atoms with Crippen LogP contribution in [0.2, 0.25) is 0 Å². The van der Waals surface area contributed by atoms with Crippen LogP contribution in [-0.2, 0) is 54.8 Å². The molecule has 4 aromatic carbocycles. The molecule has 5 rings (SSSR count). The Morgan fingerprint density at radius 1 is 0.488 bits per heavy atom. The lowest BCUT2D eigenvalue weighted by molar-refractivity contribution is -0.323. The van der Waals surface area contributed by atoms with Gasteiger partial charge < -0.3 is 28.4 Å². The molecule has 4 aromatic rings. The number of ether oxygens (including phenoxy) is 6. The van der Waals surface area contributed by atoms with Crippen LogP contribution in [0.4, 0.5) is 0 Å². The van der Waals surface area contributed by atoms with Crippen molar-refractivity contribution in [3.8, 4) is 0 Å². The zero-order valence-electron chi connectivity index (χ0n) is 23.4. The summed E-state index contributed by atoms with van der Waals surface area (Å²) >= 11 is 0. The zero-order valence-corrected chi connectivity index (χ0v) is 23.4. The predicted molar refractivity (Wildman–Crippen MR) is 157 cm³/mol. The Bertz CT molecular complexity index is 1260. The van der Waals surface area contributed by atoms with Crippen LogP contribution >= 0.6 is 0 Å². The summed E-state index contributed by atoms with van der Waals surface area (Å²) in [5.74, 6) is 0. The van der Waals surface area contributed by atoms with E-state index >= 15 is 0 Å². The smallest absolute Gasteiger partial charge is 0.186 e. The molecule has 41 heavy (non-hydrogen) atoms. The van der Waals surface area contributed by atoms with Gasteiger partial charge in [-0.15, -0.1) is 0 Å². The van der Waals surface area contributed by atoms with Crippen molar-refractivity contribution in [2.24, 2.45) is 0 Å². The molecule has 1 saturated heterocycles. The Hall–Kier alpha value is -3.36. The molecule has 1 heterocycles. The fourth-order valence-corrected chi connectivity index (χ4v) is 4.94. The highest BCUT2D eigenvalue weighted by molar-refractivity contribution is 5.16. The Morgan fingerprint density at radius 3 is 1.32 bits per heavy atom. The second kappa shape index (κ2) is 15.6. The van der Waals surface area contributed by atoms with Crippen LogP contribution in [0, 0.1) is 0 Å². The van der Waals surface area contributed by atoms with Crippen LogP contribution in [0.1, 0.15) is 22.3 Å². The van der Waals surface area contributed by atoms with Gasteiger partial charge >= 0.3 is 0 Å². The van der Waals surface area contributed by atoms with E-state index in [0.29, 0.717) is 33.0 Å². The average Bonchev–Trinajstić information content (AvgIpc) is 3.04. The SMILES string of the molecule is COC1O[C@H](COCc2ccccc2)[C@@H](OCc2ccccc2)[C@H](OCc2ccccc2)[C@@H]1OCc1ccccc1. The van der Waals surface area contributed by atoms with Gasteiger partial charge in [-0.3, -0.25) is 0 Å². The topological polar surface area (TPSA) is 55.4 Å². The molecule has 1 aliphatic heterocycles. The third kappa shape index (κ3) is 8.57. The lowest BCUT2D eigenvalue weighted by Crippen LogP contribution is -2.61. The molecular formula is C35H38O6. The van der Waals surface area contributed by atoms with Crippen molar-refractivity contribution in [2.45, 2.75) is 57.1 Å². The maximum Gasteiger partial charge on any atom is 0.186 e. The maximum absolute atomic E-state index is 6.63. The maximum atomic E-state index is 6.63. The van der Waals surface area contributed by atoms with Crippen LogP contribution in [0.25, 0.3) is 0 Å². The molecule has 0 N–H and O–H groups in total. The molecule has 0 aromatic heterocycles. The summed E-state index contributed by atoms with van der Waals surface area (Å²) in [7, 11) is 1.63. The van der Waals surface area contributed by atoms with Gasteiger partial charge in [-0.2, -0.15) is 0 Å². The molecule has 6 nitrogen and oxygen atoms in total. The van der Waals surface area contributed by atoms with Crippen LogP contribution in [-0.4, -0.2) is 44.4 Å². The van der Waals surface area contributed by atoms with E-state index in [-0.39, 0.29) is 0 Å². The molecular weight excluding hydrogens is 516 g/mol.